The second kappa shape index (κ2) is 7.80. The molecule has 2 aromatic rings. The quantitative estimate of drug-likeness (QED) is 0.821. The van der Waals surface area contributed by atoms with Crippen molar-refractivity contribution in [3.05, 3.63) is 33.6 Å². The van der Waals surface area contributed by atoms with Crippen molar-refractivity contribution < 1.29 is 14.1 Å². The summed E-state index contributed by atoms with van der Waals surface area (Å²) in [7, 11) is 0. The Bertz CT molecular complexity index is 827. The molecular formula is C19H24N4O3S. The standard InChI is InChI=1S/C19H24N4O3S/c1-12-9-16(22-26-12)19(25)23-8-2-3-14(10-23)18-21-15(11-27-18)6-7-20-17(24)13-4-5-13/h9,11,13-14H,2-8,10H2,1H3,(H,20,24)/t14-/m1/s1. The van der Waals surface area contributed by atoms with Crippen molar-refractivity contribution in [2.75, 3.05) is 19.6 Å². The van der Waals surface area contributed by atoms with Gasteiger partial charge in [0.05, 0.1) is 10.7 Å². The minimum absolute atomic E-state index is 0.0730. The van der Waals surface area contributed by atoms with Crippen molar-refractivity contribution in [1.29, 1.82) is 0 Å². The summed E-state index contributed by atoms with van der Waals surface area (Å²) in [6.07, 6.45) is 4.80. The average molecular weight is 388 g/mol. The predicted octanol–water partition coefficient (Wildman–Crippen LogP) is 2.53. The lowest BCUT2D eigenvalue weighted by atomic mass is 9.98. The minimum atomic E-state index is -0.0730. The van der Waals surface area contributed by atoms with Gasteiger partial charge in [0.2, 0.25) is 5.91 Å². The lowest BCUT2D eigenvalue weighted by molar-refractivity contribution is -0.122. The van der Waals surface area contributed by atoms with Gasteiger partial charge >= 0.3 is 0 Å². The van der Waals surface area contributed by atoms with Crippen LogP contribution in [0.25, 0.3) is 0 Å². The van der Waals surface area contributed by atoms with Crippen LogP contribution in [-0.2, 0) is 11.2 Å². The SMILES string of the molecule is Cc1cc(C(=O)N2CCC[C@@H](c3nc(CCNC(=O)C4CC4)cs3)C2)no1. The molecule has 2 aliphatic rings. The number of piperidine rings is 1. The van der Waals surface area contributed by atoms with Gasteiger partial charge in [-0.15, -0.1) is 11.3 Å². The summed E-state index contributed by atoms with van der Waals surface area (Å²) in [5.74, 6) is 1.25. The molecule has 0 bridgehead atoms. The number of carbonyl (C=O) groups is 2. The Labute approximate surface area is 162 Å². The van der Waals surface area contributed by atoms with Gasteiger partial charge in [0.25, 0.3) is 5.91 Å². The van der Waals surface area contributed by atoms with E-state index in [1.165, 1.54) is 0 Å². The molecule has 1 saturated heterocycles. The fourth-order valence-corrected chi connectivity index (χ4v) is 4.40. The lowest BCUT2D eigenvalue weighted by Gasteiger charge is -2.31. The average Bonchev–Trinajstić information content (AvgIpc) is 3.28. The number of hydrogen-bond donors (Lipinski definition) is 1. The van der Waals surface area contributed by atoms with Gasteiger partial charge in [-0.05, 0) is 32.6 Å². The number of nitrogens with one attached hydrogen (secondary N) is 1. The topological polar surface area (TPSA) is 88.3 Å². The van der Waals surface area contributed by atoms with Crippen LogP contribution in [0.1, 0.15) is 58.6 Å². The first-order valence-electron chi connectivity index (χ1n) is 9.55. The molecule has 3 heterocycles. The van der Waals surface area contributed by atoms with Gasteiger partial charge in [-0.2, -0.15) is 0 Å². The zero-order valence-electron chi connectivity index (χ0n) is 15.4. The van der Waals surface area contributed by atoms with Crippen LogP contribution >= 0.6 is 11.3 Å². The Morgan fingerprint density at radius 2 is 2.22 bits per heavy atom. The number of aryl methyl sites for hydroxylation is 1. The molecule has 2 fully saturated rings. The van der Waals surface area contributed by atoms with E-state index in [2.05, 4.69) is 15.9 Å². The second-order valence-corrected chi connectivity index (χ2v) is 8.30. The highest BCUT2D eigenvalue weighted by atomic mass is 32.1. The monoisotopic (exact) mass is 388 g/mol. The third-order valence-electron chi connectivity index (χ3n) is 5.10. The van der Waals surface area contributed by atoms with E-state index in [1.54, 1.807) is 24.3 Å². The minimum Gasteiger partial charge on any atom is -0.361 e. The number of likely N-dealkylation sites (tertiary alicyclic amines) is 1. The molecule has 1 N–H and O–H groups in total. The number of hydrogen-bond acceptors (Lipinski definition) is 6. The fourth-order valence-electron chi connectivity index (χ4n) is 3.42. The summed E-state index contributed by atoms with van der Waals surface area (Å²) in [6, 6.07) is 1.68. The maximum atomic E-state index is 12.6. The molecule has 8 heteroatoms. The summed E-state index contributed by atoms with van der Waals surface area (Å²) in [5, 5.41) is 9.97. The summed E-state index contributed by atoms with van der Waals surface area (Å²) < 4.78 is 5.03. The number of nitrogens with zero attached hydrogens (tertiary/aromatic N) is 3. The van der Waals surface area contributed by atoms with E-state index >= 15 is 0 Å². The number of aromatic nitrogens is 2. The highest BCUT2D eigenvalue weighted by molar-refractivity contribution is 7.09. The van der Waals surface area contributed by atoms with Gasteiger partial charge in [0.1, 0.15) is 5.76 Å². The highest BCUT2D eigenvalue weighted by Gasteiger charge is 2.30. The first kappa shape index (κ1) is 18.2. The van der Waals surface area contributed by atoms with E-state index < -0.39 is 0 Å². The zero-order chi connectivity index (χ0) is 18.8. The van der Waals surface area contributed by atoms with Crippen LogP contribution in [0.2, 0.25) is 0 Å². The molecule has 7 nitrogen and oxygen atoms in total. The summed E-state index contributed by atoms with van der Waals surface area (Å²) >= 11 is 1.65. The van der Waals surface area contributed by atoms with Crippen molar-refractivity contribution in [1.82, 2.24) is 20.4 Å². The van der Waals surface area contributed by atoms with E-state index in [-0.39, 0.29) is 23.7 Å². The smallest absolute Gasteiger partial charge is 0.276 e. The number of rotatable bonds is 6. The van der Waals surface area contributed by atoms with Crippen molar-refractivity contribution in [2.24, 2.45) is 5.92 Å². The molecule has 4 rings (SSSR count). The Balaban J connectivity index is 1.32. The number of amides is 2. The van der Waals surface area contributed by atoms with E-state index in [0.29, 0.717) is 24.5 Å². The van der Waals surface area contributed by atoms with Gasteiger partial charge in [0.15, 0.2) is 5.69 Å². The van der Waals surface area contributed by atoms with Gasteiger partial charge in [-0.25, -0.2) is 4.98 Å². The molecule has 0 aromatic carbocycles. The highest BCUT2D eigenvalue weighted by Crippen LogP contribution is 2.30. The van der Waals surface area contributed by atoms with Crippen LogP contribution in [0, 0.1) is 12.8 Å². The zero-order valence-corrected chi connectivity index (χ0v) is 16.3. The normalized spacial score (nSPS) is 19.9. The molecule has 144 valence electrons. The van der Waals surface area contributed by atoms with Crippen LogP contribution in [0.4, 0.5) is 0 Å². The fraction of sp³-hybridized carbons (Fsp3) is 0.579. The third-order valence-corrected chi connectivity index (χ3v) is 6.16. The van der Waals surface area contributed by atoms with Crippen LogP contribution in [0.15, 0.2) is 16.0 Å². The Morgan fingerprint density at radius 3 is 2.96 bits per heavy atom. The van der Waals surface area contributed by atoms with Crippen molar-refractivity contribution in [3.63, 3.8) is 0 Å². The van der Waals surface area contributed by atoms with Crippen molar-refractivity contribution >= 4 is 23.2 Å². The van der Waals surface area contributed by atoms with E-state index in [1.807, 2.05) is 4.90 Å². The summed E-state index contributed by atoms with van der Waals surface area (Å²) in [6.45, 7) is 3.83. The first-order chi connectivity index (χ1) is 13.1. The van der Waals surface area contributed by atoms with Gasteiger partial charge in [0, 0.05) is 49.3 Å². The molecule has 1 saturated carbocycles. The van der Waals surface area contributed by atoms with Gasteiger partial charge < -0.3 is 14.7 Å². The molecule has 1 aliphatic heterocycles. The summed E-state index contributed by atoms with van der Waals surface area (Å²) in [5.41, 5.74) is 1.39. The molecule has 1 aliphatic carbocycles. The molecule has 2 amide bonds. The molecule has 27 heavy (non-hydrogen) atoms. The lowest BCUT2D eigenvalue weighted by Crippen LogP contribution is -2.39. The van der Waals surface area contributed by atoms with Gasteiger partial charge in [-0.1, -0.05) is 5.16 Å². The molecule has 1 atom stereocenters. The van der Waals surface area contributed by atoms with Crippen LogP contribution < -0.4 is 5.32 Å². The summed E-state index contributed by atoms with van der Waals surface area (Å²) in [4.78, 5) is 30.9. The third kappa shape index (κ3) is 4.37. The largest absolute Gasteiger partial charge is 0.361 e. The van der Waals surface area contributed by atoms with E-state index in [0.717, 1.165) is 49.4 Å². The van der Waals surface area contributed by atoms with Crippen LogP contribution in [0.3, 0.4) is 0 Å². The van der Waals surface area contributed by atoms with E-state index in [4.69, 9.17) is 9.51 Å². The van der Waals surface area contributed by atoms with Crippen molar-refractivity contribution in [3.8, 4) is 0 Å². The maximum absolute atomic E-state index is 12.6. The Morgan fingerprint density at radius 1 is 1.37 bits per heavy atom. The first-order valence-corrected chi connectivity index (χ1v) is 10.4. The Kier molecular flexibility index (Phi) is 5.24. The van der Waals surface area contributed by atoms with Gasteiger partial charge in [-0.3, -0.25) is 9.59 Å². The second-order valence-electron chi connectivity index (χ2n) is 7.41. The Hall–Kier alpha value is -2.22. The maximum Gasteiger partial charge on any atom is 0.276 e. The number of carbonyl (C=O) groups excluding carboxylic acids is 2. The van der Waals surface area contributed by atoms with E-state index in [9.17, 15) is 9.59 Å². The molecule has 0 spiro atoms. The molecule has 0 radical (unpaired) electrons. The van der Waals surface area contributed by atoms with Crippen LogP contribution in [-0.4, -0.2) is 46.5 Å². The van der Waals surface area contributed by atoms with Crippen LogP contribution in [0.5, 0.6) is 0 Å². The molecular weight excluding hydrogens is 364 g/mol. The molecule has 0 unspecified atom stereocenters. The predicted molar refractivity (Wildman–Crippen MR) is 101 cm³/mol. The molecule has 2 aromatic heterocycles. The van der Waals surface area contributed by atoms with Crippen molar-refractivity contribution in [2.45, 2.75) is 44.9 Å². The number of thiazole rings is 1.